The van der Waals surface area contributed by atoms with E-state index in [9.17, 15) is 9.59 Å². The average molecular weight is 318 g/mol. The van der Waals surface area contributed by atoms with Crippen LogP contribution in [0.3, 0.4) is 0 Å². The van der Waals surface area contributed by atoms with Gasteiger partial charge in [-0.1, -0.05) is 36.5 Å². The highest BCUT2D eigenvalue weighted by Gasteiger charge is 2.52. The summed E-state index contributed by atoms with van der Waals surface area (Å²) in [7, 11) is 0. The maximum atomic E-state index is 12.8. The molecule has 4 bridgehead atoms. The van der Waals surface area contributed by atoms with Crippen molar-refractivity contribution in [2.75, 3.05) is 0 Å². The molecule has 8 atom stereocenters. The molecule has 2 heteroatoms. The normalized spacial score (nSPS) is 49.2. The Morgan fingerprint density at radius 2 is 1.08 bits per heavy atom. The molecule has 24 heavy (non-hydrogen) atoms. The van der Waals surface area contributed by atoms with Gasteiger partial charge in [-0.25, -0.2) is 0 Å². The Morgan fingerprint density at radius 1 is 0.667 bits per heavy atom. The van der Waals surface area contributed by atoms with Crippen molar-refractivity contribution < 1.29 is 9.59 Å². The molecule has 122 valence electrons. The molecule has 6 aliphatic carbocycles. The summed E-state index contributed by atoms with van der Waals surface area (Å²) < 4.78 is 0. The van der Waals surface area contributed by atoms with E-state index in [-0.39, 0.29) is 11.8 Å². The molecule has 0 heterocycles. The molecule has 0 N–H and O–H groups in total. The minimum Gasteiger partial charge on any atom is -0.294 e. The lowest BCUT2D eigenvalue weighted by molar-refractivity contribution is -0.121. The first-order valence-electron chi connectivity index (χ1n) is 9.57. The van der Waals surface area contributed by atoms with Gasteiger partial charge in [-0.3, -0.25) is 9.59 Å². The maximum absolute atomic E-state index is 12.8. The highest BCUT2D eigenvalue weighted by Crippen LogP contribution is 2.55. The van der Waals surface area contributed by atoms with Gasteiger partial charge >= 0.3 is 0 Å². The van der Waals surface area contributed by atoms with Crippen molar-refractivity contribution in [3.05, 3.63) is 47.6 Å². The second kappa shape index (κ2) is 4.47. The molecule has 2 nitrogen and oxygen atoms in total. The highest BCUT2D eigenvalue weighted by atomic mass is 16.1. The fourth-order valence-corrected chi connectivity index (χ4v) is 6.65. The molecular weight excluding hydrogens is 296 g/mol. The van der Waals surface area contributed by atoms with Gasteiger partial charge in [0.2, 0.25) is 0 Å². The minimum absolute atomic E-state index is 0.225. The van der Waals surface area contributed by atoms with Gasteiger partial charge < -0.3 is 0 Å². The van der Waals surface area contributed by atoms with Crippen molar-refractivity contribution in [1.82, 2.24) is 0 Å². The summed E-state index contributed by atoms with van der Waals surface area (Å²) >= 11 is 0. The summed E-state index contributed by atoms with van der Waals surface area (Å²) in [5.41, 5.74) is 2.02. The van der Waals surface area contributed by atoms with E-state index < -0.39 is 0 Å². The Morgan fingerprint density at radius 3 is 1.50 bits per heavy atom. The van der Waals surface area contributed by atoms with Crippen molar-refractivity contribution in [2.45, 2.75) is 25.7 Å². The van der Waals surface area contributed by atoms with Crippen LogP contribution >= 0.6 is 0 Å². The predicted molar refractivity (Wildman–Crippen MR) is 90.8 cm³/mol. The van der Waals surface area contributed by atoms with E-state index in [1.807, 2.05) is 0 Å². The molecule has 0 aromatic heterocycles. The maximum Gasteiger partial charge on any atom is 0.162 e. The first kappa shape index (κ1) is 13.6. The van der Waals surface area contributed by atoms with Crippen LogP contribution in [0.25, 0.3) is 0 Å². The minimum atomic E-state index is 0.225. The molecule has 0 spiro atoms. The van der Waals surface area contributed by atoms with Crippen LogP contribution in [0.1, 0.15) is 25.7 Å². The second-order valence-electron chi connectivity index (χ2n) is 8.72. The summed E-state index contributed by atoms with van der Waals surface area (Å²) in [5, 5.41) is 0. The van der Waals surface area contributed by atoms with Gasteiger partial charge in [0.15, 0.2) is 11.6 Å². The molecule has 8 unspecified atom stereocenters. The lowest BCUT2D eigenvalue weighted by Gasteiger charge is -2.18. The zero-order chi connectivity index (χ0) is 16.0. The number of fused-ring (bicyclic) bond motifs is 10. The largest absolute Gasteiger partial charge is 0.294 e. The summed E-state index contributed by atoms with van der Waals surface area (Å²) in [6.45, 7) is 0. The molecule has 2 saturated carbocycles. The number of carbonyl (C=O) groups excluding carboxylic acids is 2. The third-order valence-corrected chi connectivity index (χ3v) is 7.73. The quantitative estimate of drug-likeness (QED) is 0.744. The van der Waals surface area contributed by atoms with Crippen LogP contribution < -0.4 is 0 Å². The van der Waals surface area contributed by atoms with E-state index in [0.717, 1.165) is 24.0 Å². The molecule has 0 saturated heterocycles. The van der Waals surface area contributed by atoms with Gasteiger partial charge in [-0.2, -0.15) is 0 Å². The number of hydrogen-bond donors (Lipinski definition) is 0. The van der Waals surface area contributed by atoms with Crippen LogP contribution in [0.4, 0.5) is 0 Å². The molecule has 0 aromatic carbocycles. The monoisotopic (exact) mass is 318 g/mol. The first-order chi connectivity index (χ1) is 11.7. The molecule has 0 radical (unpaired) electrons. The van der Waals surface area contributed by atoms with Crippen molar-refractivity contribution in [1.29, 1.82) is 0 Å². The number of allylic oxidation sites excluding steroid dienone is 8. The lowest BCUT2D eigenvalue weighted by Crippen LogP contribution is -2.22. The van der Waals surface area contributed by atoms with E-state index in [1.54, 1.807) is 0 Å². The van der Waals surface area contributed by atoms with Crippen molar-refractivity contribution in [3.63, 3.8) is 0 Å². The Labute approximate surface area is 142 Å². The summed E-state index contributed by atoms with van der Waals surface area (Å²) in [6, 6.07) is 0. The van der Waals surface area contributed by atoms with E-state index in [0.29, 0.717) is 47.1 Å². The molecule has 6 rings (SSSR count). The van der Waals surface area contributed by atoms with E-state index in [4.69, 9.17) is 0 Å². The first-order valence-corrected chi connectivity index (χ1v) is 9.57. The van der Waals surface area contributed by atoms with Crippen LogP contribution in [-0.2, 0) is 9.59 Å². The molecule has 0 aliphatic heterocycles. The number of ketones is 2. The number of hydrogen-bond acceptors (Lipinski definition) is 2. The molecule has 0 amide bonds. The van der Waals surface area contributed by atoms with Crippen molar-refractivity contribution in [2.24, 2.45) is 47.3 Å². The van der Waals surface area contributed by atoms with Gasteiger partial charge in [0.25, 0.3) is 0 Å². The van der Waals surface area contributed by atoms with Gasteiger partial charge in [0, 0.05) is 11.8 Å². The Bertz CT molecular complexity index is 714. The lowest BCUT2D eigenvalue weighted by atomic mass is 9.84. The van der Waals surface area contributed by atoms with Gasteiger partial charge in [0.05, 0.1) is 0 Å². The Kier molecular flexibility index (Phi) is 2.53. The van der Waals surface area contributed by atoms with Crippen molar-refractivity contribution >= 4 is 11.6 Å². The van der Waals surface area contributed by atoms with Crippen LogP contribution in [0.15, 0.2) is 47.6 Å². The topological polar surface area (TPSA) is 34.1 Å². The third-order valence-electron chi connectivity index (χ3n) is 7.73. The summed E-state index contributed by atoms with van der Waals surface area (Å²) in [4.78, 5) is 25.5. The van der Waals surface area contributed by atoms with Crippen molar-refractivity contribution in [3.8, 4) is 0 Å². The number of Topliss-reactive ketones (excluding diaryl/α,β-unsaturated/α-hetero) is 2. The zero-order valence-corrected chi connectivity index (χ0v) is 13.7. The second-order valence-corrected chi connectivity index (χ2v) is 8.72. The van der Waals surface area contributed by atoms with Crippen LogP contribution in [0.5, 0.6) is 0 Å². The van der Waals surface area contributed by atoms with Crippen LogP contribution in [0.2, 0.25) is 0 Å². The molecule has 0 aromatic rings. The summed E-state index contributed by atoms with van der Waals surface area (Å²) in [6.07, 6.45) is 17.5. The molecular formula is C22H22O2. The van der Waals surface area contributed by atoms with E-state index >= 15 is 0 Å². The summed E-state index contributed by atoms with van der Waals surface area (Å²) in [5.74, 6) is 4.26. The van der Waals surface area contributed by atoms with Crippen LogP contribution in [0, 0.1) is 47.3 Å². The smallest absolute Gasteiger partial charge is 0.162 e. The van der Waals surface area contributed by atoms with E-state index in [1.165, 1.54) is 12.8 Å². The average Bonchev–Trinajstić information content (AvgIpc) is 3.36. The Hall–Kier alpha value is -1.70. The number of carbonyl (C=O) groups is 2. The predicted octanol–water partition coefficient (Wildman–Crippen LogP) is 3.66. The van der Waals surface area contributed by atoms with E-state index in [2.05, 4.69) is 36.5 Å². The van der Waals surface area contributed by atoms with Gasteiger partial charge in [-0.15, -0.1) is 0 Å². The third kappa shape index (κ3) is 1.57. The fraction of sp³-hybridized carbons (Fsp3) is 0.545. The Balaban J connectivity index is 1.18. The SMILES string of the molecule is O=C1C(CCC2=CC3C4C=CC(C4)C3C2=O)=CC2C3C=CC(C3)C12. The van der Waals surface area contributed by atoms with Crippen LogP contribution in [-0.4, -0.2) is 11.6 Å². The zero-order valence-electron chi connectivity index (χ0n) is 13.7. The van der Waals surface area contributed by atoms with Gasteiger partial charge in [-0.05, 0) is 72.3 Å². The molecule has 2 fully saturated rings. The number of rotatable bonds is 3. The van der Waals surface area contributed by atoms with Gasteiger partial charge in [0.1, 0.15) is 0 Å². The standard InChI is InChI=1S/C22H22O2/c23-21-15(9-17-11-1-3-13(7-11)19(17)21)5-6-16-10-18-12-2-4-14(8-12)20(18)22(16)24/h1-4,9-14,17-20H,5-8H2. The fourth-order valence-electron chi connectivity index (χ4n) is 6.65. The highest BCUT2D eigenvalue weighted by molar-refractivity contribution is 6.03. The molecule has 6 aliphatic rings.